The van der Waals surface area contributed by atoms with Crippen LogP contribution in [-0.4, -0.2) is 6.29 Å². The quantitative estimate of drug-likeness (QED) is 0.246. The van der Waals surface area contributed by atoms with Crippen molar-refractivity contribution in [3.63, 3.8) is 0 Å². The molecule has 1 nitrogen and oxygen atoms in total. The average molecular weight is 375 g/mol. The zero-order valence-corrected chi connectivity index (χ0v) is 18.3. The Bertz CT molecular complexity index is 824. The van der Waals surface area contributed by atoms with Crippen molar-refractivity contribution in [1.29, 1.82) is 0 Å². The van der Waals surface area contributed by atoms with Crippen molar-refractivity contribution < 1.29 is 4.79 Å². The normalized spacial score (nSPS) is 14.5. The second-order valence-corrected chi connectivity index (χ2v) is 7.29. The summed E-state index contributed by atoms with van der Waals surface area (Å²) in [6.45, 7) is 16.8. The topological polar surface area (TPSA) is 17.1 Å². The van der Waals surface area contributed by atoms with Crippen molar-refractivity contribution in [1.82, 2.24) is 0 Å². The smallest absolute Gasteiger partial charge is 0.150 e. The third kappa shape index (κ3) is 6.81. The van der Waals surface area contributed by atoms with Crippen molar-refractivity contribution in [3.8, 4) is 0 Å². The van der Waals surface area contributed by atoms with Gasteiger partial charge in [-0.2, -0.15) is 0 Å². The van der Waals surface area contributed by atoms with Gasteiger partial charge in [-0.3, -0.25) is 4.79 Å². The van der Waals surface area contributed by atoms with Gasteiger partial charge in [0.25, 0.3) is 0 Å². The van der Waals surface area contributed by atoms with E-state index in [0.717, 1.165) is 40.6 Å². The molecule has 0 fully saturated rings. The first kappa shape index (κ1) is 23.4. The lowest BCUT2D eigenvalue weighted by Gasteiger charge is -2.15. The Balaban J connectivity index is 3.54. The number of hydrogen-bond acceptors (Lipinski definition) is 1. The number of hydrogen-bond donors (Lipinski definition) is 0. The summed E-state index contributed by atoms with van der Waals surface area (Å²) < 4.78 is 0. The van der Waals surface area contributed by atoms with Crippen LogP contribution in [0.15, 0.2) is 95.2 Å². The molecule has 1 aromatic rings. The highest BCUT2D eigenvalue weighted by Crippen LogP contribution is 2.29. The summed E-state index contributed by atoms with van der Waals surface area (Å²) >= 11 is 0. The van der Waals surface area contributed by atoms with E-state index in [9.17, 15) is 4.79 Å². The highest BCUT2D eigenvalue weighted by Gasteiger charge is 2.11. The van der Waals surface area contributed by atoms with E-state index < -0.39 is 0 Å². The summed E-state index contributed by atoms with van der Waals surface area (Å²) in [5.74, 6) is 0.391. The molecule has 0 aliphatic carbocycles. The summed E-state index contributed by atoms with van der Waals surface area (Å²) in [6.07, 6.45) is 12.1. The number of carbonyl (C=O) groups is 1. The highest BCUT2D eigenvalue weighted by molar-refractivity contribution is 5.83. The Labute approximate surface area is 171 Å². The van der Waals surface area contributed by atoms with E-state index in [-0.39, 0.29) is 0 Å². The Morgan fingerprint density at radius 1 is 1.11 bits per heavy atom. The standard InChI is InChI=1S/C27H34O/c1-8-13-25(24-14-11-10-12-15-24)18-27(21(5)9-2)23(7)22(6)26(19-28)17-16-20(3)4/h8,10-20H,7,9H2,1-6H3/b13-8-,17-16-,25-18-,26-22-,27-21-. The predicted octanol–water partition coefficient (Wildman–Crippen LogP) is 7.66. The minimum atomic E-state index is 0.391. The lowest BCUT2D eigenvalue weighted by Crippen LogP contribution is -1.98. The van der Waals surface area contributed by atoms with E-state index in [1.54, 1.807) is 0 Å². The van der Waals surface area contributed by atoms with Crippen LogP contribution in [0.4, 0.5) is 0 Å². The summed E-state index contributed by atoms with van der Waals surface area (Å²) in [5.41, 5.74) is 7.12. The molecule has 0 N–H and O–H groups in total. The number of allylic oxidation sites excluding steroid dienone is 11. The molecule has 0 spiro atoms. The lowest BCUT2D eigenvalue weighted by molar-refractivity contribution is -0.104. The molecule has 0 aromatic heterocycles. The van der Waals surface area contributed by atoms with E-state index in [2.05, 4.69) is 58.6 Å². The largest absolute Gasteiger partial charge is 0.298 e. The van der Waals surface area contributed by atoms with Crippen LogP contribution in [-0.2, 0) is 4.79 Å². The van der Waals surface area contributed by atoms with Crippen LogP contribution in [0, 0.1) is 5.92 Å². The zero-order valence-electron chi connectivity index (χ0n) is 18.3. The maximum Gasteiger partial charge on any atom is 0.150 e. The van der Waals surface area contributed by atoms with Crippen LogP contribution < -0.4 is 0 Å². The Morgan fingerprint density at radius 3 is 2.25 bits per heavy atom. The molecule has 0 saturated heterocycles. The molecule has 0 saturated carbocycles. The molecule has 148 valence electrons. The maximum atomic E-state index is 11.7. The van der Waals surface area contributed by atoms with Crippen molar-refractivity contribution in [3.05, 3.63) is 101 Å². The van der Waals surface area contributed by atoms with Gasteiger partial charge in [-0.25, -0.2) is 0 Å². The van der Waals surface area contributed by atoms with Gasteiger partial charge in [0.15, 0.2) is 0 Å². The molecular weight excluding hydrogens is 340 g/mol. The number of aldehydes is 1. The van der Waals surface area contributed by atoms with E-state index in [1.165, 1.54) is 5.57 Å². The van der Waals surface area contributed by atoms with Gasteiger partial charge in [0, 0.05) is 5.57 Å². The second-order valence-electron chi connectivity index (χ2n) is 7.29. The van der Waals surface area contributed by atoms with Gasteiger partial charge in [-0.05, 0) is 67.0 Å². The van der Waals surface area contributed by atoms with Crippen molar-refractivity contribution in [2.45, 2.75) is 48.0 Å². The minimum absolute atomic E-state index is 0.391. The first-order valence-electron chi connectivity index (χ1n) is 9.99. The first-order chi connectivity index (χ1) is 13.3. The molecule has 0 aliphatic heterocycles. The van der Waals surface area contributed by atoms with Crippen LogP contribution in [0.2, 0.25) is 0 Å². The first-order valence-corrected chi connectivity index (χ1v) is 9.99. The summed E-state index contributed by atoms with van der Waals surface area (Å²) in [4.78, 5) is 11.7. The molecule has 1 rings (SSSR count). The van der Waals surface area contributed by atoms with Gasteiger partial charge in [0.05, 0.1) is 0 Å². The van der Waals surface area contributed by atoms with Gasteiger partial charge >= 0.3 is 0 Å². The van der Waals surface area contributed by atoms with Gasteiger partial charge in [-0.15, -0.1) is 0 Å². The Hall–Kier alpha value is -2.67. The maximum absolute atomic E-state index is 11.7. The number of carbonyl (C=O) groups excluding carboxylic acids is 1. The molecule has 0 bridgehead atoms. The molecule has 0 amide bonds. The summed E-state index contributed by atoms with van der Waals surface area (Å²) in [5, 5.41) is 0. The molecule has 0 heterocycles. The highest BCUT2D eigenvalue weighted by atomic mass is 16.1. The average Bonchev–Trinajstić information content (AvgIpc) is 2.70. The van der Waals surface area contributed by atoms with Gasteiger partial charge in [0.2, 0.25) is 0 Å². The Morgan fingerprint density at radius 2 is 1.75 bits per heavy atom. The lowest BCUT2D eigenvalue weighted by atomic mass is 9.89. The molecule has 0 aliphatic rings. The van der Waals surface area contributed by atoms with Crippen molar-refractivity contribution in [2.75, 3.05) is 0 Å². The van der Waals surface area contributed by atoms with Crippen LogP contribution in [0.25, 0.3) is 5.57 Å². The van der Waals surface area contributed by atoms with E-state index in [4.69, 9.17) is 0 Å². The minimum Gasteiger partial charge on any atom is -0.298 e. The van der Waals surface area contributed by atoms with Gasteiger partial charge in [0.1, 0.15) is 6.29 Å². The number of rotatable bonds is 9. The van der Waals surface area contributed by atoms with E-state index in [1.807, 2.05) is 50.3 Å². The molecule has 0 unspecified atom stereocenters. The summed E-state index contributed by atoms with van der Waals surface area (Å²) in [6, 6.07) is 10.3. The van der Waals surface area contributed by atoms with Crippen molar-refractivity contribution >= 4 is 11.9 Å². The molecular formula is C27H34O. The SMILES string of the molecule is C=C(/C(C)=C(C=O)/C=C\C(C)C)C(/C=C(/C=C\C)c1ccccc1)=C(/C)CC. The fourth-order valence-corrected chi connectivity index (χ4v) is 2.78. The van der Waals surface area contributed by atoms with Crippen LogP contribution in [0.5, 0.6) is 0 Å². The molecule has 0 radical (unpaired) electrons. The molecule has 1 heteroatoms. The third-order valence-corrected chi connectivity index (χ3v) is 4.74. The second kappa shape index (κ2) is 11.9. The van der Waals surface area contributed by atoms with Gasteiger partial charge in [-0.1, -0.05) is 87.6 Å². The molecule has 1 aromatic carbocycles. The van der Waals surface area contributed by atoms with E-state index >= 15 is 0 Å². The summed E-state index contributed by atoms with van der Waals surface area (Å²) in [7, 11) is 0. The monoisotopic (exact) mass is 374 g/mol. The van der Waals surface area contributed by atoms with Crippen LogP contribution >= 0.6 is 0 Å². The van der Waals surface area contributed by atoms with Crippen molar-refractivity contribution in [2.24, 2.45) is 5.92 Å². The van der Waals surface area contributed by atoms with E-state index in [0.29, 0.717) is 11.5 Å². The fraction of sp³-hybridized carbons (Fsp3) is 0.296. The zero-order chi connectivity index (χ0) is 21.1. The fourth-order valence-electron chi connectivity index (χ4n) is 2.78. The number of benzene rings is 1. The van der Waals surface area contributed by atoms with Crippen LogP contribution in [0.1, 0.15) is 53.5 Å². The third-order valence-electron chi connectivity index (χ3n) is 4.74. The Kier molecular flexibility index (Phi) is 9.95. The molecule has 28 heavy (non-hydrogen) atoms. The van der Waals surface area contributed by atoms with Crippen LogP contribution in [0.3, 0.4) is 0 Å². The predicted molar refractivity (Wildman–Crippen MR) is 124 cm³/mol. The molecule has 0 atom stereocenters. The van der Waals surface area contributed by atoms with Gasteiger partial charge < -0.3 is 0 Å².